The number of hydrogen-bond donors (Lipinski definition) is 0. The van der Waals surface area contributed by atoms with E-state index in [4.69, 9.17) is 4.42 Å². The van der Waals surface area contributed by atoms with Gasteiger partial charge < -0.3 is 14.2 Å². The third-order valence-electron chi connectivity index (χ3n) is 13.8. The molecular weight excluding hydrogens is 795 g/mol. The molecule has 0 unspecified atom stereocenters. The number of para-hydroxylation sites is 2. The van der Waals surface area contributed by atoms with Gasteiger partial charge >= 0.3 is 0 Å². The van der Waals surface area contributed by atoms with E-state index in [9.17, 15) is 5.26 Å². The van der Waals surface area contributed by atoms with Gasteiger partial charge in [-0.25, -0.2) is 0 Å². The van der Waals surface area contributed by atoms with Crippen molar-refractivity contribution in [2.75, 3.05) is 9.80 Å². The summed E-state index contributed by atoms with van der Waals surface area (Å²) in [6, 6.07) is 68.4. The fourth-order valence-electron chi connectivity index (χ4n) is 10.7. The highest BCUT2D eigenvalue weighted by Crippen LogP contribution is 2.50. The van der Waals surface area contributed by atoms with Gasteiger partial charge in [-0.05, 0) is 121 Å². The fraction of sp³-hybridized carbons (Fsp3) is 0.102. The highest BCUT2D eigenvalue weighted by Gasteiger charge is 2.40. The number of rotatable bonds is 6. The summed E-state index contributed by atoms with van der Waals surface area (Å²) >= 11 is 0. The van der Waals surface area contributed by atoms with Crippen molar-refractivity contribution < 1.29 is 4.42 Å². The number of anilines is 6. The van der Waals surface area contributed by atoms with E-state index < -0.39 is 8.07 Å². The first-order valence-corrected chi connectivity index (χ1v) is 25.2. The van der Waals surface area contributed by atoms with Crippen LogP contribution in [0.5, 0.6) is 0 Å². The van der Waals surface area contributed by atoms with Crippen molar-refractivity contribution >= 4 is 107 Å². The lowest BCUT2D eigenvalue weighted by atomic mass is 9.87. The average molecular weight is 840 g/mol. The molecule has 1 aromatic heterocycles. The van der Waals surface area contributed by atoms with E-state index in [2.05, 4.69) is 195 Å². The molecule has 1 aliphatic rings. The molecular formula is C59H45N3OSi. The zero-order chi connectivity index (χ0) is 43.5. The molecule has 4 nitrogen and oxygen atoms in total. The van der Waals surface area contributed by atoms with Gasteiger partial charge in [0.2, 0.25) is 0 Å². The summed E-state index contributed by atoms with van der Waals surface area (Å²) in [5, 5.41) is 22.1. The molecule has 0 fully saturated rings. The van der Waals surface area contributed by atoms with E-state index in [1.165, 1.54) is 59.7 Å². The number of furan rings is 1. The van der Waals surface area contributed by atoms with E-state index in [1.54, 1.807) is 0 Å². The summed E-state index contributed by atoms with van der Waals surface area (Å²) in [5.41, 5.74) is 12.8. The second-order valence-corrected chi connectivity index (χ2v) is 23.1. The van der Waals surface area contributed by atoms with Crippen LogP contribution in [0.3, 0.4) is 0 Å². The van der Waals surface area contributed by atoms with Gasteiger partial charge in [-0.15, -0.1) is 0 Å². The van der Waals surface area contributed by atoms with Crippen LogP contribution in [0.2, 0.25) is 13.1 Å². The third-order valence-corrected chi connectivity index (χ3v) is 17.3. The van der Waals surface area contributed by atoms with Crippen molar-refractivity contribution in [1.29, 1.82) is 5.26 Å². The standard InChI is InChI=1S/C59H45N3OSi/c1-59(2,3)40-26-30-42(31-27-40)62(52-17-11-15-46-44-13-7-9-19-54(44)64(4,5)58(46)52)50-35-25-39-22-32-47-49(34-24-38-23-33-48(50)56(39)55(38)47)61(41-28-20-37(36-60)21-29-41)51-16-10-14-45-43-12-6-8-18-53(43)63-57(45)51/h6-35H,1-5H3. The summed E-state index contributed by atoms with van der Waals surface area (Å²) in [7, 11) is -2.12. The van der Waals surface area contributed by atoms with Crippen LogP contribution in [-0.2, 0) is 5.41 Å². The van der Waals surface area contributed by atoms with Crippen molar-refractivity contribution in [2.45, 2.75) is 39.3 Å². The van der Waals surface area contributed by atoms with Crippen LogP contribution >= 0.6 is 0 Å². The van der Waals surface area contributed by atoms with Gasteiger partial charge in [0, 0.05) is 38.6 Å². The van der Waals surface area contributed by atoms with Crippen LogP contribution < -0.4 is 20.2 Å². The second kappa shape index (κ2) is 13.9. The molecule has 0 N–H and O–H groups in total. The van der Waals surface area contributed by atoms with Crippen molar-refractivity contribution in [3.63, 3.8) is 0 Å². The molecule has 0 saturated heterocycles. The molecule has 11 aromatic rings. The minimum atomic E-state index is -2.12. The number of nitriles is 1. The third kappa shape index (κ3) is 5.59. The first kappa shape index (κ1) is 38.1. The Morgan fingerprint density at radius 1 is 0.484 bits per heavy atom. The number of benzene rings is 10. The molecule has 64 heavy (non-hydrogen) atoms. The van der Waals surface area contributed by atoms with Crippen molar-refractivity contribution in [2.24, 2.45) is 0 Å². The van der Waals surface area contributed by atoms with Crippen LogP contribution in [0, 0.1) is 11.3 Å². The van der Waals surface area contributed by atoms with E-state index in [0.717, 1.165) is 55.8 Å². The SMILES string of the molecule is CC(C)(C)c1ccc(N(c2cccc3c2[Si](C)(C)c2ccccc2-3)c2ccc3ccc4c(N(c5ccc(C#N)cc5)c5cccc6c5oc5ccccc56)ccc5ccc2c3c54)cc1. The Balaban J connectivity index is 1.12. The quantitative estimate of drug-likeness (QED) is 0.124. The lowest BCUT2D eigenvalue weighted by Gasteiger charge is -2.33. The van der Waals surface area contributed by atoms with Crippen LogP contribution in [0.4, 0.5) is 34.1 Å². The molecule has 10 aromatic carbocycles. The molecule has 12 rings (SSSR count). The Hall–Kier alpha value is -7.65. The van der Waals surface area contributed by atoms with E-state index in [1.807, 2.05) is 36.4 Å². The summed E-state index contributed by atoms with van der Waals surface area (Å²) in [6.07, 6.45) is 0. The Bertz CT molecular complexity index is 3700. The Labute approximate surface area is 374 Å². The predicted molar refractivity (Wildman–Crippen MR) is 272 cm³/mol. The maximum Gasteiger partial charge on any atom is 0.159 e. The molecule has 0 spiro atoms. The van der Waals surface area contributed by atoms with E-state index >= 15 is 0 Å². The molecule has 0 bridgehead atoms. The number of hydrogen-bond acceptors (Lipinski definition) is 4. The molecule has 306 valence electrons. The summed E-state index contributed by atoms with van der Waals surface area (Å²) in [5.74, 6) is 0. The van der Waals surface area contributed by atoms with Crippen molar-refractivity contribution in [3.05, 3.63) is 193 Å². The van der Waals surface area contributed by atoms with E-state index in [-0.39, 0.29) is 5.41 Å². The lowest BCUT2D eigenvalue weighted by Crippen LogP contribution is -2.50. The van der Waals surface area contributed by atoms with Crippen molar-refractivity contribution in [1.82, 2.24) is 0 Å². The van der Waals surface area contributed by atoms with Crippen LogP contribution in [0.15, 0.2) is 186 Å². The normalized spacial score (nSPS) is 13.2. The van der Waals surface area contributed by atoms with Gasteiger partial charge in [0.05, 0.1) is 28.7 Å². The minimum absolute atomic E-state index is 0.0280. The zero-order valence-electron chi connectivity index (χ0n) is 36.6. The van der Waals surface area contributed by atoms with Gasteiger partial charge in [0.15, 0.2) is 5.58 Å². The van der Waals surface area contributed by atoms with Gasteiger partial charge in [-0.2, -0.15) is 5.26 Å². The van der Waals surface area contributed by atoms with E-state index in [0.29, 0.717) is 5.56 Å². The summed E-state index contributed by atoms with van der Waals surface area (Å²) in [6.45, 7) is 11.9. The monoisotopic (exact) mass is 839 g/mol. The highest BCUT2D eigenvalue weighted by atomic mass is 28.3. The first-order chi connectivity index (χ1) is 31.1. The number of nitrogens with zero attached hydrogens (tertiary/aromatic N) is 3. The molecule has 0 aliphatic carbocycles. The van der Waals surface area contributed by atoms with Gasteiger partial charge in [-0.3, -0.25) is 0 Å². The first-order valence-electron chi connectivity index (χ1n) is 22.2. The molecule has 0 radical (unpaired) electrons. The largest absolute Gasteiger partial charge is 0.454 e. The topological polar surface area (TPSA) is 43.4 Å². The maximum atomic E-state index is 9.81. The average Bonchev–Trinajstić information content (AvgIpc) is 3.82. The molecule has 1 aliphatic heterocycles. The maximum absolute atomic E-state index is 9.81. The molecule has 0 atom stereocenters. The molecule has 5 heteroatoms. The predicted octanol–water partition coefficient (Wildman–Crippen LogP) is 15.4. The minimum Gasteiger partial charge on any atom is -0.454 e. The molecule has 2 heterocycles. The second-order valence-electron chi connectivity index (χ2n) is 18.8. The van der Waals surface area contributed by atoms with Crippen LogP contribution in [0.25, 0.3) is 65.4 Å². The number of fused-ring (bicyclic) bond motifs is 6. The molecule has 0 amide bonds. The molecule has 0 saturated carbocycles. The van der Waals surface area contributed by atoms with Gasteiger partial charge in [0.25, 0.3) is 0 Å². The summed E-state index contributed by atoms with van der Waals surface area (Å²) in [4.78, 5) is 4.85. The summed E-state index contributed by atoms with van der Waals surface area (Å²) < 4.78 is 6.70. The Morgan fingerprint density at radius 3 is 1.70 bits per heavy atom. The fourth-order valence-corrected chi connectivity index (χ4v) is 14.1. The van der Waals surface area contributed by atoms with Gasteiger partial charge in [-0.1, -0.05) is 149 Å². The van der Waals surface area contributed by atoms with Crippen LogP contribution in [-0.4, -0.2) is 8.07 Å². The lowest BCUT2D eigenvalue weighted by molar-refractivity contribution is 0.590. The Kier molecular flexibility index (Phi) is 8.28. The van der Waals surface area contributed by atoms with Crippen molar-refractivity contribution in [3.8, 4) is 17.2 Å². The Morgan fingerprint density at radius 2 is 1.03 bits per heavy atom. The van der Waals surface area contributed by atoms with Crippen LogP contribution in [0.1, 0.15) is 31.9 Å². The van der Waals surface area contributed by atoms with Gasteiger partial charge in [0.1, 0.15) is 13.7 Å². The highest BCUT2D eigenvalue weighted by molar-refractivity contribution is 7.04. The zero-order valence-corrected chi connectivity index (χ0v) is 37.6. The smallest absolute Gasteiger partial charge is 0.159 e.